The average Bonchev–Trinajstić information content (AvgIpc) is 2.84. The SMILES string of the molecule is Cc1ncsc1C(=O)N1CC[C@H](CO)C1. The van der Waals surface area contributed by atoms with E-state index in [1.54, 1.807) is 10.4 Å². The monoisotopic (exact) mass is 226 g/mol. The van der Waals surface area contributed by atoms with E-state index in [1.165, 1.54) is 11.3 Å². The number of hydrogen-bond donors (Lipinski definition) is 1. The van der Waals surface area contributed by atoms with Gasteiger partial charge in [-0.3, -0.25) is 4.79 Å². The van der Waals surface area contributed by atoms with Crippen LogP contribution in [0.25, 0.3) is 0 Å². The summed E-state index contributed by atoms with van der Waals surface area (Å²) >= 11 is 1.39. The Hall–Kier alpha value is -0.940. The van der Waals surface area contributed by atoms with Crippen LogP contribution in [-0.2, 0) is 0 Å². The molecule has 0 aromatic carbocycles. The standard InChI is InChI=1S/C10H14N2O2S/c1-7-9(15-6-11-7)10(14)12-3-2-8(4-12)5-13/h6,8,13H,2-5H2,1H3/t8-/m0/s1. The summed E-state index contributed by atoms with van der Waals surface area (Å²) in [4.78, 5) is 18.6. The van der Waals surface area contributed by atoms with E-state index >= 15 is 0 Å². The van der Waals surface area contributed by atoms with E-state index < -0.39 is 0 Å². The lowest BCUT2D eigenvalue weighted by Crippen LogP contribution is -2.28. The maximum Gasteiger partial charge on any atom is 0.265 e. The van der Waals surface area contributed by atoms with Gasteiger partial charge in [0.1, 0.15) is 4.88 Å². The van der Waals surface area contributed by atoms with Gasteiger partial charge < -0.3 is 10.0 Å². The van der Waals surface area contributed by atoms with Gasteiger partial charge in [-0.2, -0.15) is 0 Å². The zero-order chi connectivity index (χ0) is 10.8. The fourth-order valence-electron chi connectivity index (χ4n) is 1.82. The second-order valence-electron chi connectivity index (χ2n) is 3.86. The molecule has 1 aromatic heterocycles. The van der Waals surface area contributed by atoms with Gasteiger partial charge in [0.05, 0.1) is 11.2 Å². The van der Waals surface area contributed by atoms with E-state index in [2.05, 4.69) is 4.98 Å². The molecule has 82 valence electrons. The van der Waals surface area contributed by atoms with Crippen LogP contribution in [0.1, 0.15) is 21.8 Å². The fraction of sp³-hybridized carbons (Fsp3) is 0.600. The summed E-state index contributed by atoms with van der Waals surface area (Å²) in [5.41, 5.74) is 2.50. The highest BCUT2D eigenvalue weighted by Gasteiger charge is 2.27. The van der Waals surface area contributed by atoms with Crippen LogP contribution in [-0.4, -0.2) is 40.6 Å². The van der Waals surface area contributed by atoms with Gasteiger partial charge in [0.2, 0.25) is 0 Å². The molecule has 1 aromatic rings. The number of carbonyl (C=O) groups excluding carboxylic acids is 1. The third kappa shape index (κ3) is 2.03. The Morgan fingerprint density at radius 3 is 3.13 bits per heavy atom. The maximum atomic E-state index is 12.0. The molecule has 2 heterocycles. The van der Waals surface area contributed by atoms with Gasteiger partial charge in [0, 0.05) is 25.6 Å². The Bertz CT molecular complexity index is 364. The highest BCUT2D eigenvalue weighted by molar-refractivity contribution is 7.11. The van der Waals surface area contributed by atoms with Gasteiger partial charge in [-0.1, -0.05) is 0 Å². The molecule has 0 radical (unpaired) electrons. The van der Waals surface area contributed by atoms with Crippen LogP contribution >= 0.6 is 11.3 Å². The quantitative estimate of drug-likeness (QED) is 0.815. The van der Waals surface area contributed by atoms with Crippen molar-refractivity contribution in [1.82, 2.24) is 9.88 Å². The molecule has 1 saturated heterocycles. The number of carbonyl (C=O) groups is 1. The predicted molar refractivity (Wildman–Crippen MR) is 57.9 cm³/mol. The summed E-state index contributed by atoms with van der Waals surface area (Å²) in [6.45, 7) is 3.45. The molecular weight excluding hydrogens is 212 g/mol. The Morgan fingerprint density at radius 1 is 1.80 bits per heavy atom. The zero-order valence-electron chi connectivity index (χ0n) is 8.64. The minimum atomic E-state index is 0.0611. The van der Waals surface area contributed by atoms with Gasteiger partial charge in [-0.05, 0) is 13.3 Å². The molecule has 5 heteroatoms. The minimum Gasteiger partial charge on any atom is -0.396 e. The lowest BCUT2D eigenvalue weighted by atomic mass is 10.1. The Kier molecular flexibility index (Phi) is 3.02. The largest absolute Gasteiger partial charge is 0.396 e. The highest BCUT2D eigenvalue weighted by atomic mass is 32.1. The number of thiazole rings is 1. The first-order valence-corrected chi connectivity index (χ1v) is 5.90. The third-order valence-corrected chi connectivity index (χ3v) is 3.69. The van der Waals surface area contributed by atoms with Crippen molar-refractivity contribution >= 4 is 17.2 Å². The van der Waals surface area contributed by atoms with Crippen molar-refractivity contribution in [3.63, 3.8) is 0 Å². The van der Waals surface area contributed by atoms with Crippen LogP contribution in [0, 0.1) is 12.8 Å². The number of aliphatic hydroxyl groups is 1. The first-order chi connectivity index (χ1) is 7.22. The van der Waals surface area contributed by atoms with Gasteiger partial charge >= 0.3 is 0 Å². The van der Waals surface area contributed by atoms with Crippen LogP contribution < -0.4 is 0 Å². The summed E-state index contributed by atoms with van der Waals surface area (Å²) in [6.07, 6.45) is 0.903. The zero-order valence-corrected chi connectivity index (χ0v) is 9.46. The van der Waals surface area contributed by atoms with Crippen molar-refractivity contribution in [3.8, 4) is 0 Å². The third-order valence-electron chi connectivity index (χ3n) is 2.77. The van der Waals surface area contributed by atoms with Crippen LogP contribution in [0.15, 0.2) is 5.51 Å². The molecule has 15 heavy (non-hydrogen) atoms. The van der Waals surface area contributed by atoms with E-state index in [4.69, 9.17) is 5.11 Å². The fourth-order valence-corrected chi connectivity index (χ4v) is 2.59. The Balaban J connectivity index is 2.07. The molecule has 1 N–H and O–H groups in total. The lowest BCUT2D eigenvalue weighted by Gasteiger charge is -2.15. The molecule has 1 aliphatic heterocycles. The summed E-state index contributed by atoms with van der Waals surface area (Å²) in [7, 11) is 0. The number of likely N-dealkylation sites (tertiary alicyclic amines) is 1. The number of aromatic nitrogens is 1. The normalized spacial score (nSPS) is 20.9. The number of aliphatic hydroxyl groups excluding tert-OH is 1. The average molecular weight is 226 g/mol. The Morgan fingerprint density at radius 2 is 2.60 bits per heavy atom. The topological polar surface area (TPSA) is 53.4 Å². The first kappa shape index (κ1) is 10.6. The second kappa shape index (κ2) is 4.28. The number of aryl methyl sites for hydroxylation is 1. The molecule has 1 fully saturated rings. The van der Waals surface area contributed by atoms with E-state index in [1.807, 2.05) is 6.92 Å². The van der Waals surface area contributed by atoms with Crippen molar-refractivity contribution in [2.45, 2.75) is 13.3 Å². The molecular formula is C10H14N2O2S. The van der Waals surface area contributed by atoms with Crippen LogP contribution in [0.2, 0.25) is 0 Å². The van der Waals surface area contributed by atoms with Crippen LogP contribution in [0.3, 0.4) is 0 Å². The molecule has 1 aliphatic rings. The molecule has 0 unspecified atom stereocenters. The van der Waals surface area contributed by atoms with Gasteiger partial charge in [-0.25, -0.2) is 4.98 Å². The number of rotatable bonds is 2. The first-order valence-electron chi connectivity index (χ1n) is 5.02. The van der Waals surface area contributed by atoms with Gasteiger partial charge in [0.25, 0.3) is 5.91 Å². The van der Waals surface area contributed by atoms with E-state index in [-0.39, 0.29) is 18.4 Å². The van der Waals surface area contributed by atoms with Gasteiger partial charge in [-0.15, -0.1) is 11.3 Å². The molecule has 0 bridgehead atoms. The van der Waals surface area contributed by atoms with Crippen molar-refractivity contribution < 1.29 is 9.90 Å². The molecule has 1 amide bonds. The summed E-state index contributed by atoms with van der Waals surface area (Å²) < 4.78 is 0. The molecule has 2 rings (SSSR count). The van der Waals surface area contributed by atoms with Crippen molar-refractivity contribution in [1.29, 1.82) is 0 Å². The molecule has 0 saturated carbocycles. The minimum absolute atomic E-state index is 0.0611. The summed E-state index contributed by atoms with van der Waals surface area (Å²) in [6, 6.07) is 0. The molecule has 0 aliphatic carbocycles. The van der Waals surface area contributed by atoms with Gasteiger partial charge in [0.15, 0.2) is 0 Å². The summed E-state index contributed by atoms with van der Waals surface area (Å²) in [5.74, 6) is 0.313. The van der Waals surface area contributed by atoms with E-state index in [0.717, 1.165) is 23.5 Å². The van der Waals surface area contributed by atoms with Crippen molar-refractivity contribution in [3.05, 3.63) is 16.1 Å². The summed E-state index contributed by atoms with van der Waals surface area (Å²) in [5, 5.41) is 9.00. The maximum absolute atomic E-state index is 12.0. The van der Waals surface area contributed by atoms with Crippen molar-refractivity contribution in [2.75, 3.05) is 19.7 Å². The highest BCUT2D eigenvalue weighted by Crippen LogP contribution is 2.21. The lowest BCUT2D eigenvalue weighted by molar-refractivity contribution is 0.0785. The smallest absolute Gasteiger partial charge is 0.265 e. The Labute approximate surface area is 92.6 Å². The number of nitrogens with zero attached hydrogens (tertiary/aromatic N) is 2. The van der Waals surface area contributed by atoms with E-state index in [9.17, 15) is 4.79 Å². The van der Waals surface area contributed by atoms with Crippen LogP contribution in [0.5, 0.6) is 0 Å². The second-order valence-corrected chi connectivity index (χ2v) is 4.71. The molecule has 0 spiro atoms. The predicted octanol–water partition coefficient (Wildman–Crippen LogP) is 0.906. The van der Waals surface area contributed by atoms with E-state index in [0.29, 0.717) is 6.54 Å². The molecule has 1 atom stereocenters. The van der Waals surface area contributed by atoms with Crippen molar-refractivity contribution in [2.24, 2.45) is 5.92 Å². The molecule has 4 nitrogen and oxygen atoms in total. The number of amides is 1. The van der Waals surface area contributed by atoms with Crippen LogP contribution in [0.4, 0.5) is 0 Å². The number of hydrogen-bond acceptors (Lipinski definition) is 4.